The van der Waals surface area contributed by atoms with Gasteiger partial charge in [-0.2, -0.15) is 4.98 Å². The van der Waals surface area contributed by atoms with Gasteiger partial charge < -0.3 is 24.8 Å². The summed E-state index contributed by atoms with van der Waals surface area (Å²) in [5.74, 6) is 0.341. The lowest BCUT2D eigenvalue weighted by molar-refractivity contribution is -0.0511. The van der Waals surface area contributed by atoms with Gasteiger partial charge in [0.1, 0.15) is 24.6 Å². The molecule has 21 heavy (non-hydrogen) atoms. The van der Waals surface area contributed by atoms with Gasteiger partial charge in [0.15, 0.2) is 17.4 Å². The van der Waals surface area contributed by atoms with Crippen LogP contribution in [0, 0.1) is 0 Å². The van der Waals surface area contributed by atoms with Crippen LogP contribution in [0.15, 0.2) is 12.7 Å². The molecule has 1 fully saturated rings. The number of ether oxygens (including phenoxy) is 2. The van der Waals surface area contributed by atoms with Gasteiger partial charge in [-0.15, -0.1) is 0 Å². The summed E-state index contributed by atoms with van der Waals surface area (Å²) >= 11 is 0. The van der Waals surface area contributed by atoms with Gasteiger partial charge in [0.25, 0.3) is 0 Å². The summed E-state index contributed by atoms with van der Waals surface area (Å²) < 4.78 is 12.3. The lowest BCUT2D eigenvalue weighted by Crippen LogP contribution is -2.33. The molecule has 0 saturated carbocycles. The Labute approximate surface area is 119 Å². The Bertz CT molecular complexity index is 633. The average molecular weight is 296 g/mol. The quantitative estimate of drug-likeness (QED) is 0.645. The van der Waals surface area contributed by atoms with Crippen LogP contribution in [0.2, 0.25) is 0 Å². The van der Waals surface area contributed by atoms with Crippen molar-refractivity contribution >= 4 is 11.2 Å². The van der Waals surface area contributed by atoms with Gasteiger partial charge in [-0.05, 0) is 6.92 Å². The number of hydrogen-bond acceptors (Lipinski definition) is 8. The molecule has 3 rings (SSSR count). The van der Waals surface area contributed by atoms with Crippen molar-refractivity contribution in [3.05, 3.63) is 12.7 Å². The van der Waals surface area contributed by atoms with Crippen LogP contribution in [0.1, 0.15) is 13.2 Å². The van der Waals surface area contributed by atoms with E-state index in [0.29, 0.717) is 23.7 Å². The molecule has 1 saturated heterocycles. The van der Waals surface area contributed by atoms with Gasteiger partial charge in [-0.25, -0.2) is 9.97 Å². The van der Waals surface area contributed by atoms with E-state index < -0.39 is 24.5 Å². The van der Waals surface area contributed by atoms with E-state index in [1.165, 1.54) is 17.2 Å². The summed E-state index contributed by atoms with van der Waals surface area (Å²) in [6.07, 6.45) is -1.34. The Morgan fingerprint density at radius 1 is 1.29 bits per heavy atom. The second kappa shape index (κ2) is 5.53. The number of rotatable bonds is 4. The molecule has 0 radical (unpaired) electrons. The molecule has 0 aromatic carbocycles. The van der Waals surface area contributed by atoms with Crippen molar-refractivity contribution in [3.63, 3.8) is 0 Å². The Kier molecular flexibility index (Phi) is 3.72. The van der Waals surface area contributed by atoms with Gasteiger partial charge in [0.05, 0.1) is 19.5 Å². The minimum absolute atomic E-state index is 0.341. The molecule has 9 heteroatoms. The van der Waals surface area contributed by atoms with Crippen LogP contribution >= 0.6 is 0 Å². The van der Waals surface area contributed by atoms with Crippen molar-refractivity contribution in [1.82, 2.24) is 19.5 Å². The molecule has 3 heterocycles. The number of imidazole rings is 1. The van der Waals surface area contributed by atoms with Gasteiger partial charge >= 0.3 is 0 Å². The first-order valence-corrected chi connectivity index (χ1v) is 6.60. The van der Waals surface area contributed by atoms with Crippen molar-refractivity contribution in [1.29, 1.82) is 0 Å². The van der Waals surface area contributed by atoms with E-state index in [0.717, 1.165) is 0 Å². The molecular weight excluding hydrogens is 280 g/mol. The molecule has 2 aromatic heterocycles. The molecule has 1 aliphatic heterocycles. The number of fused-ring (bicyclic) bond motifs is 1. The molecule has 4 atom stereocenters. The second-order valence-electron chi connectivity index (χ2n) is 4.66. The van der Waals surface area contributed by atoms with Crippen LogP contribution in [-0.2, 0) is 4.74 Å². The summed E-state index contributed by atoms with van der Waals surface area (Å²) in [5.41, 5.74) is 0.861. The standard InChI is InChI=1S/C12H16N4O5/c1-2-20-11-7-10(13-4-14-11)16(5-15-7)12-9(19)8(18)6(3-17)21-12/h4-6,8-9,12,17-19H,2-3H2,1H3. The molecule has 0 bridgehead atoms. The van der Waals surface area contributed by atoms with Crippen molar-refractivity contribution < 1.29 is 24.8 Å². The zero-order chi connectivity index (χ0) is 15.0. The fourth-order valence-electron chi connectivity index (χ4n) is 2.37. The molecule has 4 unspecified atom stereocenters. The van der Waals surface area contributed by atoms with E-state index in [2.05, 4.69) is 15.0 Å². The second-order valence-corrected chi connectivity index (χ2v) is 4.66. The summed E-state index contributed by atoms with van der Waals surface area (Å²) in [6, 6.07) is 0. The minimum Gasteiger partial charge on any atom is -0.476 e. The summed E-state index contributed by atoms with van der Waals surface area (Å²) in [7, 11) is 0. The van der Waals surface area contributed by atoms with Gasteiger partial charge in [-0.1, -0.05) is 0 Å². The van der Waals surface area contributed by atoms with Crippen molar-refractivity contribution in [2.45, 2.75) is 31.5 Å². The summed E-state index contributed by atoms with van der Waals surface area (Å²) in [4.78, 5) is 12.3. The van der Waals surface area contributed by atoms with E-state index in [1.54, 1.807) is 0 Å². The molecular formula is C12H16N4O5. The maximum Gasteiger partial charge on any atom is 0.245 e. The summed E-state index contributed by atoms with van der Waals surface area (Å²) in [6.45, 7) is 1.88. The first kappa shape index (κ1) is 14.1. The number of aliphatic hydroxyl groups is 3. The van der Waals surface area contributed by atoms with E-state index in [4.69, 9.17) is 14.6 Å². The topological polar surface area (TPSA) is 123 Å². The highest BCUT2D eigenvalue weighted by atomic mass is 16.6. The van der Waals surface area contributed by atoms with E-state index in [-0.39, 0.29) is 6.61 Å². The van der Waals surface area contributed by atoms with Crippen LogP contribution in [0.25, 0.3) is 11.2 Å². The molecule has 0 aliphatic carbocycles. The molecule has 0 amide bonds. The lowest BCUT2D eigenvalue weighted by Gasteiger charge is -2.16. The lowest BCUT2D eigenvalue weighted by atomic mass is 10.1. The molecule has 114 valence electrons. The first-order chi connectivity index (χ1) is 10.2. The zero-order valence-corrected chi connectivity index (χ0v) is 11.3. The third-order valence-corrected chi connectivity index (χ3v) is 3.40. The third-order valence-electron chi connectivity index (χ3n) is 3.40. The molecule has 0 spiro atoms. The van der Waals surface area contributed by atoms with Crippen molar-refractivity contribution in [3.8, 4) is 5.88 Å². The van der Waals surface area contributed by atoms with Crippen LogP contribution in [0.5, 0.6) is 5.88 Å². The SMILES string of the molecule is CCOc1ncnc2c1ncn2C1OC(CO)C(O)C1O. The van der Waals surface area contributed by atoms with Crippen LogP contribution in [0.3, 0.4) is 0 Å². The maximum atomic E-state index is 10.1. The molecule has 1 aliphatic rings. The van der Waals surface area contributed by atoms with Crippen molar-refractivity contribution in [2.24, 2.45) is 0 Å². The maximum absolute atomic E-state index is 10.1. The fraction of sp³-hybridized carbons (Fsp3) is 0.583. The summed E-state index contributed by atoms with van der Waals surface area (Å²) in [5, 5.41) is 29.0. The molecule has 2 aromatic rings. The minimum atomic E-state index is -1.19. The predicted molar refractivity (Wildman–Crippen MR) is 69.5 cm³/mol. The largest absolute Gasteiger partial charge is 0.476 e. The van der Waals surface area contributed by atoms with Gasteiger partial charge in [-0.3, -0.25) is 4.57 Å². The third kappa shape index (κ3) is 2.23. The van der Waals surface area contributed by atoms with Crippen LogP contribution in [-0.4, -0.2) is 66.4 Å². The molecule has 3 N–H and O–H groups in total. The predicted octanol–water partition coefficient (Wildman–Crippen LogP) is -1.16. The highest BCUT2D eigenvalue weighted by Gasteiger charge is 2.44. The van der Waals surface area contributed by atoms with Gasteiger partial charge in [0.2, 0.25) is 5.88 Å². The highest BCUT2D eigenvalue weighted by Crippen LogP contribution is 2.32. The smallest absolute Gasteiger partial charge is 0.245 e. The van der Waals surface area contributed by atoms with E-state index in [9.17, 15) is 10.2 Å². The molecule has 9 nitrogen and oxygen atoms in total. The number of hydrogen-bond donors (Lipinski definition) is 3. The van der Waals surface area contributed by atoms with Crippen LogP contribution < -0.4 is 4.74 Å². The number of aliphatic hydroxyl groups excluding tert-OH is 3. The Morgan fingerprint density at radius 3 is 2.76 bits per heavy atom. The number of nitrogens with zero attached hydrogens (tertiary/aromatic N) is 4. The zero-order valence-electron chi connectivity index (χ0n) is 11.3. The monoisotopic (exact) mass is 296 g/mol. The van der Waals surface area contributed by atoms with E-state index in [1.807, 2.05) is 6.92 Å². The number of aromatic nitrogens is 4. The van der Waals surface area contributed by atoms with Crippen LogP contribution in [0.4, 0.5) is 0 Å². The average Bonchev–Trinajstić information content (AvgIpc) is 3.03. The Balaban J connectivity index is 2.00. The first-order valence-electron chi connectivity index (χ1n) is 6.60. The highest BCUT2D eigenvalue weighted by molar-refractivity contribution is 5.76. The normalized spacial score (nSPS) is 29.1. The fourth-order valence-corrected chi connectivity index (χ4v) is 2.37. The van der Waals surface area contributed by atoms with Gasteiger partial charge in [0, 0.05) is 0 Å². The van der Waals surface area contributed by atoms with E-state index >= 15 is 0 Å². The Morgan fingerprint density at radius 2 is 2.10 bits per heavy atom. The van der Waals surface area contributed by atoms with Crippen molar-refractivity contribution in [2.75, 3.05) is 13.2 Å². The Hall–Kier alpha value is -1.81.